The van der Waals surface area contributed by atoms with E-state index in [1.165, 1.54) is 17.9 Å². The third kappa shape index (κ3) is 13.8. The molecule has 0 aromatic heterocycles. The van der Waals surface area contributed by atoms with Gasteiger partial charge in [0.15, 0.2) is 0 Å². The zero-order valence-corrected chi connectivity index (χ0v) is 12.3. The lowest BCUT2D eigenvalue weighted by Crippen LogP contribution is -3.07. The van der Waals surface area contributed by atoms with E-state index in [0.29, 0.717) is 18.6 Å². The number of nitrogens with one attached hydrogen (secondary N) is 1. The van der Waals surface area contributed by atoms with Gasteiger partial charge in [-0.2, -0.15) is 8.42 Å². The third-order valence-electron chi connectivity index (χ3n) is 2.63. The minimum atomic E-state index is -3.92. The smallest absolute Gasteiger partial charge is 0.264 e. The second-order valence-electron chi connectivity index (χ2n) is 4.70. The van der Waals surface area contributed by atoms with Crippen molar-refractivity contribution in [2.24, 2.45) is 5.92 Å². The van der Waals surface area contributed by atoms with Gasteiger partial charge in [-0.25, -0.2) is 8.42 Å². The summed E-state index contributed by atoms with van der Waals surface area (Å²) in [6.45, 7) is 2.34. The molecule has 18 heavy (non-hydrogen) atoms. The fourth-order valence-corrected chi connectivity index (χ4v) is 2.48. The lowest BCUT2D eigenvalue weighted by atomic mass is 10.0. The van der Waals surface area contributed by atoms with E-state index in [2.05, 4.69) is 7.05 Å². The van der Waals surface area contributed by atoms with E-state index in [9.17, 15) is 8.42 Å². The molecule has 1 heterocycles. The average Bonchev–Trinajstić information content (AvgIpc) is 2.45. The molecule has 9 heteroatoms. The molecule has 0 bridgehead atoms. The summed E-state index contributed by atoms with van der Waals surface area (Å²) in [5, 5.41) is 0. The number of rotatable bonds is 4. The lowest BCUT2D eigenvalue weighted by Gasteiger charge is -2.06. The number of hydrogen-bond donors (Lipinski definition) is 2. The Balaban J connectivity index is 0.000000494. The Morgan fingerprint density at radius 1 is 1.33 bits per heavy atom. The Morgan fingerprint density at radius 2 is 1.83 bits per heavy atom. The molecule has 1 aliphatic heterocycles. The van der Waals surface area contributed by atoms with Crippen molar-refractivity contribution in [3.63, 3.8) is 0 Å². The molecule has 110 valence electrons. The Kier molecular flexibility index (Phi) is 7.30. The molecule has 2 unspecified atom stereocenters. The third-order valence-corrected chi connectivity index (χ3v) is 3.44. The van der Waals surface area contributed by atoms with E-state index in [0.717, 1.165) is 13.0 Å². The molecule has 7 nitrogen and oxygen atoms in total. The maximum atomic E-state index is 10.4. The molecule has 1 rings (SSSR count). The standard InChI is InChI=1S/C8H17NO3S.CH4O3S/c1-9-5-4-8(7-9)3-2-6-13(10,11)12;1-5(2,3)4/h8H,2-7H2,1H3,(H,10,11,12);1H3,(H,2,3,4). The summed E-state index contributed by atoms with van der Waals surface area (Å²) >= 11 is 0. The molecule has 1 saturated heterocycles. The normalized spacial score (nSPS) is 24.4. The van der Waals surface area contributed by atoms with Crippen molar-refractivity contribution < 1.29 is 30.8 Å². The highest BCUT2D eigenvalue weighted by atomic mass is 32.2. The molecule has 2 atom stereocenters. The summed E-state index contributed by atoms with van der Waals surface area (Å²) in [4.78, 5) is 1.52. The van der Waals surface area contributed by atoms with Crippen LogP contribution in [-0.4, -0.2) is 58.1 Å². The second kappa shape index (κ2) is 7.39. The minimum absolute atomic E-state index is 0.0808. The van der Waals surface area contributed by atoms with Crippen LogP contribution in [0.3, 0.4) is 0 Å². The van der Waals surface area contributed by atoms with Gasteiger partial charge in [0.1, 0.15) is 0 Å². The Labute approximate surface area is 109 Å². The Hall–Kier alpha value is -0.220. The minimum Gasteiger partial charge on any atom is -0.748 e. The van der Waals surface area contributed by atoms with Crippen molar-refractivity contribution in [3.05, 3.63) is 0 Å². The molecule has 0 spiro atoms. The van der Waals surface area contributed by atoms with Gasteiger partial charge < -0.3 is 9.45 Å². The van der Waals surface area contributed by atoms with Crippen LogP contribution in [-0.2, 0) is 20.2 Å². The van der Waals surface area contributed by atoms with Crippen LogP contribution >= 0.6 is 0 Å². The molecular weight excluding hydrogens is 282 g/mol. The summed E-state index contributed by atoms with van der Waals surface area (Å²) in [7, 11) is -5.50. The first-order valence-corrected chi connectivity index (χ1v) is 9.07. The lowest BCUT2D eigenvalue weighted by molar-refractivity contribution is -0.867. The summed E-state index contributed by atoms with van der Waals surface area (Å²) in [5.74, 6) is 0.574. The first-order chi connectivity index (χ1) is 7.97. The molecular formula is C9H21NO6S2. The van der Waals surface area contributed by atoms with Crippen molar-refractivity contribution in [3.8, 4) is 0 Å². The van der Waals surface area contributed by atoms with E-state index in [1.807, 2.05) is 0 Å². The van der Waals surface area contributed by atoms with Crippen LogP contribution < -0.4 is 4.90 Å². The molecule has 0 aromatic rings. The topological polar surface area (TPSA) is 116 Å². The van der Waals surface area contributed by atoms with Crippen molar-refractivity contribution in [1.82, 2.24) is 0 Å². The summed E-state index contributed by atoms with van der Waals surface area (Å²) in [5.41, 5.74) is 0. The van der Waals surface area contributed by atoms with Crippen molar-refractivity contribution in [2.45, 2.75) is 19.3 Å². The van der Waals surface area contributed by atoms with Gasteiger partial charge in [-0.3, -0.25) is 4.55 Å². The van der Waals surface area contributed by atoms with E-state index in [-0.39, 0.29) is 5.75 Å². The maximum Gasteiger partial charge on any atom is 0.264 e. The van der Waals surface area contributed by atoms with E-state index in [4.69, 9.17) is 17.5 Å². The number of quaternary nitrogens is 1. The van der Waals surface area contributed by atoms with E-state index >= 15 is 0 Å². The zero-order valence-electron chi connectivity index (χ0n) is 10.6. The van der Waals surface area contributed by atoms with Crippen molar-refractivity contribution >= 4 is 20.2 Å². The van der Waals surface area contributed by atoms with Crippen LogP contribution in [0.5, 0.6) is 0 Å². The van der Waals surface area contributed by atoms with Crippen LogP contribution in [0.4, 0.5) is 0 Å². The van der Waals surface area contributed by atoms with Crippen LogP contribution in [0.15, 0.2) is 0 Å². The predicted molar refractivity (Wildman–Crippen MR) is 66.0 cm³/mol. The van der Waals surface area contributed by atoms with E-state index in [1.54, 1.807) is 0 Å². The van der Waals surface area contributed by atoms with Gasteiger partial charge in [-0.05, 0) is 12.8 Å². The van der Waals surface area contributed by atoms with Crippen molar-refractivity contribution in [2.75, 3.05) is 32.1 Å². The highest BCUT2D eigenvalue weighted by Crippen LogP contribution is 2.12. The van der Waals surface area contributed by atoms with Gasteiger partial charge in [0.25, 0.3) is 10.1 Å². The van der Waals surface area contributed by atoms with Crippen molar-refractivity contribution in [1.29, 1.82) is 0 Å². The Bertz CT molecular complexity index is 422. The van der Waals surface area contributed by atoms with Gasteiger partial charge in [0, 0.05) is 18.6 Å². The largest absolute Gasteiger partial charge is 0.748 e. The highest BCUT2D eigenvalue weighted by Gasteiger charge is 2.22. The molecule has 0 radical (unpaired) electrons. The molecule has 0 amide bonds. The zero-order chi connectivity index (χ0) is 14.4. The fraction of sp³-hybridized carbons (Fsp3) is 1.00. The molecule has 1 fully saturated rings. The summed E-state index contributed by atoms with van der Waals surface area (Å²) < 4.78 is 56.6. The van der Waals surface area contributed by atoms with Crippen LogP contribution in [0.1, 0.15) is 19.3 Å². The van der Waals surface area contributed by atoms with Crippen LogP contribution in [0, 0.1) is 5.92 Å². The highest BCUT2D eigenvalue weighted by molar-refractivity contribution is 7.85. The molecule has 1 aliphatic rings. The van der Waals surface area contributed by atoms with Gasteiger partial charge in [-0.15, -0.1) is 0 Å². The first-order valence-electron chi connectivity index (χ1n) is 5.64. The predicted octanol–water partition coefficient (Wildman–Crippen LogP) is -1.65. The Morgan fingerprint density at radius 3 is 2.17 bits per heavy atom. The number of hydrogen-bond acceptors (Lipinski definition) is 5. The average molecular weight is 303 g/mol. The number of likely N-dealkylation sites (tertiary alicyclic amines) is 1. The van der Waals surface area contributed by atoms with Gasteiger partial charge in [-0.1, -0.05) is 0 Å². The SMILES string of the molecule is CS(=O)(=O)[O-].C[NH+]1CCC(CCCS(=O)(=O)O)C1. The first kappa shape index (κ1) is 17.8. The van der Waals surface area contributed by atoms with Gasteiger partial charge in [0.2, 0.25) is 0 Å². The summed E-state index contributed by atoms with van der Waals surface area (Å²) in [6.07, 6.45) is 3.32. The molecule has 0 aromatic carbocycles. The quantitative estimate of drug-likeness (QED) is 0.601. The van der Waals surface area contributed by atoms with Crippen LogP contribution in [0.2, 0.25) is 0 Å². The molecule has 0 saturated carbocycles. The van der Waals surface area contributed by atoms with Crippen LogP contribution in [0.25, 0.3) is 0 Å². The molecule has 2 N–H and O–H groups in total. The second-order valence-corrected chi connectivity index (χ2v) is 7.68. The fourth-order valence-electron chi connectivity index (χ4n) is 1.95. The van der Waals surface area contributed by atoms with E-state index < -0.39 is 20.2 Å². The maximum absolute atomic E-state index is 10.4. The molecule has 0 aliphatic carbocycles. The monoisotopic (exact) mass is 303 g/mol. The van der Waals surface area contributed by atoms with Gasteiger partial charge >= 0.3 is 0 Å². The summed E-state index contributed by atoms with van der Waals surface area (Å²) in [6, 6.07) is 0. The van der Waals surface area contributed by atoms with Gasteiger partial charge in [0.05, 0.1) is 36.0 Å².